The topological polar surface area (TPSA) is 61.8 Å². The molecule has 0 aliphatic rings. The lowest BCUT2D eigenvalue weighted by Crippen LogP contribution is -2.30. The smallest absolute Gasteiger partial charge is 0.306 e. The number of hydrogen-bond acceptors (Lipinski definition) is 5. The van der Waals surface area contributed by atoms with Gasteiger partial charge in [-0.25, -0.2) is 0 Å². The lowest BCUT2D eigenvalue weighted by Gasteiger charge is -2.18. The summed E-state index contributed by atoms with van der Waals surface area (Å²) in [6.07, 6.45) is 55.1. The first-order valence-corrected chi connectivity index (χ1v) is 22.8. The number of allylic oxidation sites excluding steroid dienone is 10. The van der Waals surface area contributed by atoms with Crippen molar-refractivity contribution >= 4 is 11.9 Å². The highest BCUT2D eigenvalue weighted by Gasteiger charge is 2.17. The second-order valence-electron chi connectivity index (χ2n) is 14.9. The van der Waals surface area contributed by atoms with E-state index < -0.39 is 6.10 Å². The predicted molar refractivity (Wildman–Crippen MR) is 233 cm³/mol. The van der Waals surface area contributed by atoms with Crippen molar-refractivity contribution in [1.82, 2.24) is 0 Å². The number of rotatable bonds is 41. The van der Waals surface area contributed by atoms with Gasteiger partial charge in [-0.05, 0) is 83.5 Å². The maximum absolute atomic E-state index is 12.7. The van der Waals surface area contributed by atoms with Gasteiger partial charge in [0.05, 0.1) is 6.61 Å². The Morgan fingerprint density at radius 1 is 0.426 bits per heavy atom. The largest absolute Gasteiger partial charge is 0.462 e. The van der Waals surface area contributed by atoms with Crippen LogP contribution in [0, 0.1) is 0 Å². The van der Waals surface area contributed by atoms with E-state index in [1.165, 1.54) is 83.5 Å². The summed E-state index contributed by atoms with van der Waals surface area (Å²) in [6, 6.07) is 0. The third kappa shape index (κ3) is 42.3. The first kappa shape index (κ1) is 51.6. The average Bonchev–Trinajstić information content (AvgIpc) is 3.17. The van der Waals surface area contributed by atoms with Crippen LogP contribution in [-0.4, -0.2) is 37.9 Å². The second kappa shape index (κ2) is 45.0. The zero-order chi connectivity index (χ0) is 39.3. The van der Waals surface area contributed by atoms with E-state index in [0.29, 0.717) is 19.4 Å². The van der Waals surface area contributed by atoms with E-state index in [1.807, 2.05) is 0 Å². The molecule has 0 rings (SSSR count). The molecule has 0 aromatic carbocycles. The van der Waals surface area contributed by atoms with Gasteiger partial charge in [0.1, 0.15) is 6.61 Å². The number of carbonyl (C=O) groups excluding carboxylic acids is 2. The van der Waals surface area contributed by atoms with Crippen molar-refractivity contribution in [2.24, 2.45) is 0 Å². The van der Waals surface area contributed by atoms with Crippen molar-refractivity contribution in [3.8, 4) is 0 Å². The summed E-state index contributed by atoms with van der Waals surface area (Å²) in [7, 11) is 0. The van der Waals surface area contributed by atoms with Gasteiger partial charge in [0.25, 0.3) is 0 Å². The molecule has 5 nitrogen and oxygen atoms in total. The zero-order valence-electron chi connectivity index (χ0n) is 35.7. The summed E-state index contributed by atoms with van der Waals surface area (Å²) in [6.45, 7) is 7.64. The van der Waals surface area contributed by atoms with Gasteiger partial charge in [0.15, 0.2) is 6.10 Å². The Balaban J connectivity index is 4.18. The maximum atomic E-state index is 12.7. The fourth-order valence-electron chi connectivity index (χ4n) is 6.14. The monoisotopic (exact) mass is 755 g/mol. The van der Waals surface area contributed by atoms with Crippen molar-refractivity contribution in [2.45, 2.75) is 219 Å². The molecule has 0 aromatic rings. The normalized spacial score (nSPS) is 12.7. The number of unbranched alkanes of at least 4 members (excludes halogenated alkanes) is 20. The maximum Gasteiger partial charge on any atom is 0.306 e. The summed E-state index contributed by atoms with van der Waals surface area (Å²) in [5.41, 5.74) is 0. The first-order chi connectivity index (χ1) is 26.6. The van der Waals surface area contributed by atoms with Crippen LogP contribution >= 0.6 is 0 Å². The van der Waals surface area contributed by atoms with E-state index in [-0.39, 0.29) is 25.2 Å². The van der Waals surface area contributed by atoms with E-state index in [4.69, 9.17) is 14.2 Å². The lowest BCUT2D eigenvalue weighted by molar-refractivity contribution is -0.163. The Morgan fingerprint density at radius 3 is 1.35 bits per heavy atom. The SMILES string of the molecule is CC/C=C\C/C=C\C/C=C\C/C=C\CCCCCCC(=O)OCC(COCCCCCCCC)OC(=O)CCCCCCC/C=C\CCCCCCCC. The van der Waals surface area contributed by atoms with Crippen molar-refractivity contribution in [3.05, 3.63) is 60.8 Å². The highest BCUT2D eigenvalue weighted by atomic mass is 16.6. The summed E-state index contributed by atoms with van der Waals surface area (Å²) < 4.78 is 17.2. The van der Waals surface area contributed by atoms with Crippen LogP contribution in [0.1, 0.15) is 213 Å². The number of esters is 2. The van der Waals surface area contributed by atoms with Gasteiger partial charge in [-0.1, -0.05) is 178 Å². The molecule has 54 heavy (non-hydrogen) atoms. The average molecular weight is 755 g/mol. The minimum atomic E-state index is -0.546. The number of ether oxygens (including phenoxy) is 3. The van der Waals surface area contributed by atoms with Crippen LogP contribution in [0.5, 0.6) is 0 Å². The van der Waals surface area contributed by atoms with E-state index >= 15 is 0 Å². The van der Waals surface area contributed by atoms with E-state index in [1.54, 1.807) is 0 Å². The molecule has 0 aliphatic heterocycles. The minimum absolute atomic E-state index is 0.0687. The summed E-state index contributed by atoms with van der Waals surface area (Å²) in [4.78, 5) is 25.2. The molecule has 0 bridgehead atoms. The van der Waals surface area contributed by atoms with Crippen LogP contribution in [0.25, 0.3) is 0 Å². The van der Waals surface area contributed by atoms with Crippen LogP contribution < -0.4 is 0 Å². The molecule has 0 saturated carbocycles. The molecule has 0 fully saturated rings. The Bertz CT molecular complexity index is 946. The van der Waals surface area contributed by atoms with Gasteiger partial charge in [-0.2, -0.15) is 0 Å². The van der Waals surface area contributed by atoms with Gasteiger partial charge in [0, 0.05) is 19.4 Å². The van der Waals surface area contributed by atoms with Gasteiger partial charge in [-0.3, -0.25) is 9.59 Å². The predicted octanol–water partition coefficient (Wildman–Crippen LogP) is 15.0. The molecule has 1 atom stereocenters. The quantitative estimate of drug-likeness (QED) is 0.0353. The number of carbonyl (C=O) groups is 2. The Labute approximate surface area is 334 Å². The Morgan fingerprint density at radius 2 is 0.833 bits per heavy atom. The molecule has 0 aliphatic carbocycles. The van der Waals surface area contributed by atoms with Crippen LogP contribution in [0.15, 0.2) is 60.8 Å². The van der Waals surface area contributed by atoms with E-state index in [9.17, 15) is 9.59 Å². The molecule has 5 heteroatoms. The zero-order valence-corrected chi connectivity index (χ0v) is 35.7. The summed E-state index contributed by atoms with van der Waals surface area (Å²) in [5, 5.41) is 0. The van der Waals surface area contributed by atoms with E-state index in [2.05, 4.69) is 81.5 Å². The van der Waals surface area contributed by atoms with Crippen molar-refractivity contribution in [1.29, 1.82) is 0 Å². The third-order valence-corrected chi connectivity index (χ3v) is 9.54. The summed E-state index contributed by atoms with van der Waals surface area (Å²) in [5.74, 6) is -0.437. The van der Waals surface area contributed by atoms with Crippen LogP contribution in [0.4, 0.5) is 0 Å². The Hall–Kier alpha value is -2.40. The van der Waals surface area contributed by atoms with Gasteiger partial charge < -0.3 is 14.2 Å². The molecule has 0 saturated heterocycles. The molecular formula is C49H86O5. The lowest BCUT2D eigenvalue weighted by atomic mass is 10.1. The van der Waals surface area contributed by atoms with Gasteiger partial charge in [0.2, 0.25) is 0 Å². The van der Waals surface area contributed by atoms with E-state index in [0.717, 1.165) is 96.3 Å². The van der Waals surface area contributed by atoms with Gasteiger partial charge >= 0.3 is 11.9 Å². The number of hydrogen-bond donors (Lipinski definition) is 0. The molecule has 312 valence electrons. The standard InChI is InChI=1S/C49H86O5/c1-4-7-10-13-16-18-20-22-24-25-27-28-30-32-34-36-39-42-48(50)53-46-47(45-52-44-41-38-15-12-9-6-3)54-49(51)43-40-37-35-33-31-29-26-23-21-19-17-14-11-8-5-2/h7,10,16,18,22-24,26-28,47H,4-6,8-9,11-15,17,19-21,25,29-46H2,1-3H3/b10-7-,18-16-,24-22-,26-23-,28-27-. The van der Waals surface area contributed by atoms with Gasteiger partial charge in [-0.15, -0.1) is 0 Å². The Kier molecular flexibility index (Phi) is 43.0. The van der Waals surface area contributed by atoms with Crippen molar-refractivity contribution in [2.75, 3.05) is 19.8 Å². The van der Waals surface area contributed by atoms with Crippen LogP contribution in [-0.2, 0) is 23.8 Å². The second-order valence-corrected chi connectivity index (χ2v) is 14.9. The third-order valence-electron chi connectivity index (χ3n) is 9.54. The molecule has 0 aromatic heterocycles. The highest BCUT2D eigenvalue weighted by Crippen LogP contribution is 2.12. The molecule has 0 heterocycles. The van der Waals surface area contributed by atoms with Crippen LogP contribution in [0.3, 0.4) is 0 Å². The summed E-state index contributed by atoms with van der Waals surface area (Å²) >= 11 is 0. The minimum Gasteiger partial charge on any atom is -0.462 e. The molecule has 0 amide bonds. The van der Waals surface area contributed by atoms with Crippen molar-refractivity contribution in [3.63, 3.8) is 0 Å². The molecule has 0 radical (unpaired) electrons. The molecule has 0 spiro atoms. The fraction of sp³-hybridized carbons (Fsp3) is 0.755. The van der Waals surface area contributed by atoms with Crippen molar-refractivity contribution < 1.29 is 23.8 Å². The van der Waals surface area contributed by atoms with Crippen LogP contribution in [0.2, 0.25) is 0 Å². The molecular weight excluding hydrogens is 669 g/mol. The fourth-order valence-corrected chi connectivity index (χ4v) is 6.14. The highest BCUT2D eigenvalue weighted by molar-refractivity contribution is 5.70. The molecule has 0 N–H and O–H groups in total. The molecule has 1 unspecified atom stereocenters. The first-order valence-electron chi connectivity index (χ1n) is 22.8.